The van der Waals surface area contributed by atoms with E-state index in [1.807, 2.05) is 0 Å². The van der Waals surface area contributed by atoms with Crippen LogP contribution in [0.3, 0.4) is 0 Å². The number of amides is 1. The Morgan fingerprint density at radius 3 is 2.16 bits per heavy atom. The average molecular weight is 444 g/mol. The van der Waals surface area contributed by atoms with Crippen LogP contribution in [0.2, 0.25) is 0 Å². The Bertz CT molecular complexity index is 1020. The van der Waals surface area contributed by atoms with Crippen molar-refractivity contribution in [2.24, 2.45) is 0 Å². The number of halogens is 6. The topological polar surface area (TPSA) is 85.6 Å². The van der Waals surface area contributed by atoms with Crippen LogP contribution in [0.5, 0.6) is 0 Å². The molecule has 0 aliphatic heterocycles. The van der Waals surface area contributed by atoms with Crippen molar-refractivity contribution in [2.45, 2.75) is 31.9 Å². The van der Waals surface area contributed by atoms with Gasteiger partial charge in [-0.1, -0.05) is 0 Å². The lowest BCUT2D eigenvalue weighted by Gasteiger charge is -2.13. The Kier molecular flexibility index (Phi) is 6.22. The van der Waals surface area contributed by atoms with E-state index in [1.54, 1.807) is 0 Å². The zero-order valence-corrected chi connectivity index (χ0v) is 15.6. The van der Waals surface area contributed by atoms with Gasteiger partial charge in [-0.3, -0.25) is 9.48 Å². The van der Waals surface area contributed by atoms with Gasteiger partial charge in [-0.25, -0.2) is 15.0 Å². The van der Waals surface area contributed by atoms with Gasteiger partial charge in [0.15, 0.2) is 5.82 Å². The molecule has 0 aliphatic rings. The van der Waals surface area contributed by atoms with Crippen molar-refractivity contribution in [3.05, 3.63) is 59.9 Å². The minimum Gasteiger partial charge on any atom is -0.352 e. The molecule has 13 heteroatoms. The van der Waals surface area contributed by atoms with Gasteiger partial charge in [0.05, 0.1) is 17.7 Å². The molecule has 0 aliphatic carbocycles. The summed E-state index contributed by atoms with van der Waals surface area (Å²) in [7, 11) is 0. The lowest BCUT2D eigenvalue weighted by molar-refractivity contribution is -0.143. The maximum absolute atomic E-state index is 13.0. The van der Waals surface area contributed by atoms with Gasteiger partial charge < -0.3 is 5.32 Å². The number of hydrogen-bond donors (Lipinski definition) is 1. The normalized spacial score (nSPS) is 12.1. The van der Waals surface area contributed by atoms with Crippen LogP contribution >= 0.6 is 0 Å². The van der Waals surface area contributed by atoms with Gasteiger partial charge in [-0.05, 0) is 18.2 Å². The van der Waals surface area contributed by atoms with E-state index in [9.17, 15) is 31.1 Å². The molecule has 0 saturated heterocycles. The fourth-order valence-corrected chi connectivity index (χ4v) is 2.55. The summed E-state index contributed by atoms with van der Waals surface area (Å²) in [6.45, 7) is 0.224. The van der Waals surface area contributed by atoms with Crippen LogP contribution in [0.15, 0.2) is 43.2 Å². The summed E-state index contributed by atoms with van der Waals surface area (Å²) in [5, 5.41) is 6.51. The lowest BCUT2D eigenvalue weighted by Crippen LogP contribution is -2.24. The minimum atomic E-state index is -4.97. The van der Waals surface area contributed by atoms with Gasteiger partial charge in [-0.15, -0.1) is 0 Å². The van der Waals surface area contributed by atoms with E-state index in [1.165, 1.54) is 18.7 Å². The molecule has 0 fully saturated rings. The predicted molar refractivity (Wildman–Crippen MR) is 94.0 cm³/mol. The van der Waals surface area contributed by atoms with Crippen LogP contribution in [0.25, 0.3) is 11.4 Å². The second kappa shape index (κ2) is 8.70. The SMILES string of the molecule is O=C(CCn1cnc(-c2cc(C(F)(F)F)cc(C(F)(F)F)c2)n1)NCc1cncnc1. The first-order valence-corrected chi connectivity index (χ1v) is 8.72. The Balaban J connectivity index is 1.69. The van der Waals surface area contributed by atoms with Crippen LogP contribution in [-0.2, 0) is 30.2 Å². The molecule has 164 valence electrons. The van der Waals surface area contributed by atoms with Crippen molar-refractivity contribution in [1.29, 1.82) is 0 Å². The third-order valence-electron chi connectivity index (χ3n) is 4.05. The molecule has 0 unspecified atom stereocenters. The zero-order valence-electron chi connectivity index (χ0n) is 15.6. The molecule has 31 heavy (non-hydrogen) atoms. The number of benzene rings is 1. The fraction of sp³-hybridized carbons (Fsp3) is 0.278. The third-order valence-corrected chi connectivity index (χ3v) is 4.05. The molecule has 0 radical (unpaired) electrons. The number of alkyl halides is 6. The van der Waals surface area contributed by atoms with Crippen LogP contribution in [-0.4, -0.2) is 30.6 Å². The van der Waals surface area contributed by atoms with E-state index in [-0.39, 0.29) is 37.3 Å². The number of aryl methyl sites for hydroxylation is 1. The number of carbonyl (C=O) groups is 1. The molecule has 3 aromatic rings. The molecule has 7 nitrogen and oxygen atoms in total. The molecule has 2 heterocycles. The highest BCUT2D eigenvalue weighted by Gasteiger charge is 2.37. The van der Waals surface area contributed by atoms with Gasteiger partial charge in [0.25, 0.3) is 0 Å². The lowest BCUT2D eigenvalue weighted by atomic mass is 10.0. The summed E-state index contributed by atoms with van der Waals surface area (Å²) in [5.41, 5.74) is -2.67. The quantitative estimate of drug-likeness (QED) is 0.589. The maximum atomic E-state index is 13.0. The minimum absolute atomic E-state index is 0.0230. The molecular formula is C18H14F6N6O. The predicted octanol–water partition coefficient (Wildman–Crippen LogP) is 3.48. The summed E-state index contributed by atoms with van der Waals surface area (Å²) in [4.78, 5) is 23.3. The molecule has 2 aromatic heterocycles. The second-order valence-electron chi connectivity index (χ2n) is 6.40. The van der Waals surface area contributed by atoms with Gasteiger partial charge in [0.2, 0.25) is 5.91 Å². The summed E-state index contributed by atoms with van der Waals surface area (Å²) in [6.07, 6.45) is -4.45. The summed E-state index contributed by atoms with van der Waals surface area (Å²) in [6, 6.07) is 1.12. The Hall–Kier alpha value is -3.51. The Morgan fingerprint density at radius 1 is 0.968 bits per heavy atom. The zero-order chi connectivity index (χ0) is 22.6. The van der Waals surface area contributed by atoms with E-state index in [0.29, 0.717) is 17.7 Å². The van der Waals surface area contributed by atoms with Crippen molar-refractivity contribution < 1.29 is 31.1 Å². The third kappa shape index (κ3) is 5.99. The van der Waals surface area contributed by atoms with Crippen LogP contribution < -0.4 is 5.32 Å². The largest absolute Gasteiger partial charge is 0.416 e. The first kappa shape index (κ1) is 22.2. The van der Waals surface area contributed by atoms with Gasteiger partial charge in [0, 0.05) is 36.5 Å². The van der Waals surface area contributed by atoms with Crippen molar-refractivity contribution in [3.63, 3.8) is 0 Å². The van der Waals surface area contributed by atoms with Crippen LogP contribution in [0.4, 0.5) is 26.3 Å². The molecule has 1 N–H and O–H groups in total. The first-order valence-electron chi connectivity index (χ1n) is 8.72. The highest BCUT2D eigenvalue weighted by Crippen LogP contribution is 2.38. The molecular weight excluding hydrogens is 430 g/mol. The summed E-state index contributed by atoms with van der Waals surface area (Å²) < 4.78 is 79.1. The number of rotatable bonds is 6. The second-order valence-corrected chi connectivity index (χ2v) is 6.40. The van der Waals surface area contributed by atoms with Crippen molar-refractivity contribution in [2.75, 3.05) is 0 Å². The standard InChI is InChI=1S/C18H14F6N6O/c19-17(20,21)13-3-12(4-14(5-13)18(22,23)24)16-28-10-30(29-16)2-1-15(31)27-8-11-6-25-9-26-7-11/h3-7,9-10H,1-2,8H2,(H,27,31). The molecule has 3 rings (SSSR count). The maximum Gasteiger partial charge on any atom is 0.416 e. The molecule has 0 bridgehead atoms. The molecule has 0 atom stereocenters. The molecule has 1 amide bonds. The number of nitrogens with one attached hydrogen (secondary N) is 1. The molecule has 0 saturated carbocycles. The van der Waals surface area contributed by atoms with Crippen molar-refractivity contribution >= 4 is 5.91 Å². The van der Waals surface area contributed by atoms with E-state index in [0.717, 1.165) is 11.0 Å². The highest BCUT2D eigenvalue weighted by atomic mass is 19.4. The van der Waals surface area contributed by atoms with E-state index >= 15 is 0 Å². The number of nitrogens with zero attached hydrogens (tertiary/aromatic N) is 5. The Labute approximate surface area is 171 Å². The Morgan fingerprint density at radius 2 is 1.58 bits per heavy atom. The fourth-order valence-electron chi connectivity index (χ4n) is 2.55. The van der Waals surface area contributed by atoms with E-state index in [2.05, 4.69) is 25.4 Å². The van der Waals surface area contributed by atoms with Gasteiger partial charge >= 0.3 is 12.4 Å². The summed E-state index contributed by atoms with van der Waals surface area (Å²) >= 11 is 0. The van der Waals surface area contributed by atoms with Crippen LogP contribution in [0.1, 0.15) is 23.1 Å². The first-order chi connectivity index (χ1) is 14.5. The average Bonchev–Trinajstić information content (AvgIpc) is 3.19. The van der Waals surface area contributed by atoms with Gasteiger partial charge in [0.1, 0.15) is 12.7 Å². The molecule has 0 spiro atoms. The number of aromatic nitrogens is 5. The van der Waals surface area contributed by atoms with Crippen LogP contribution in [0, 0.1) is 0 Å². The van der Waals surface area contributed by atoms with Crippen molar-refractivity contribution in [1.82, 2.24) is 30.0 Å². The number of carbonyl (C=O) groups excluding carboxylic acids is 1. The summed E-state index contributed by atoms with van der Waals surface area (Å²) in [5.74, 6) is -0.669. The van der Waals surface area contributed by atoms with Crippen molar-refractivity contribution in [3.8, 4) is 11.4 Å². The monoisotopic (exact) mass is 444 g/mol. The number of hydrogen-bond acceptors (Lipinski definition) is 5. The highest BCUT2D eigenvalue weighted by molar-refractivity contribution is 5.75. The van der Waals surface area contributed by atoms with Gasteiger partial charge in [-0.2, -0.15) is 31.4 Å². The van der Waals surface area contributed by atoms with E-state index in [4.69, 9.17) is 0 Å². The molecule has 1 aromatic carbocycles. The smallest absolute Gasteiger partial charge is 0.352 e. The van der Waals surface area contributed by atoms with E-state index < -0.39 is 29.0 Å².